The van der Waals surface area contributed by atoms with E-state index in [2.05, 4.69) is 0 Å². The fourth-order valence-corrected chi connectivity index (χ4v) is 3.78. The molecule has 2 N–H and O–H groups in total. The first-order chi connectivity index (χ1) is 11.5. The first-order valence-electron chi connectivity index (χ1n) is 8.45. The van der Waals surface area contributed by atoms with Crippen LogP contribution in [0.1, 0.15) is 31.2 Å². The maximum atomic E-state index is 13.3. The molecule has 0 saturated carbocycles. The van der Waals surface area contributed by atoms with Crippen molar-refractivity contribution in [1.29, 1.82) is 0 Å². The summed E-state index contributed by atoms with van der Waals surface area (Å²) in [5, 5.41) is 0. The molecule has 2 aliphatic heterocycles. The van der Waals surface area contributed by atoms with E-state index in [1.807, 2.05) is 4.90 Å². The van der Waals surface area contributed by atoms with Gasteiger partial charge in [0.1, 0.15) is 5.82 Å². The van der Waals surface area contributed by atoms with Crippen LogP contribution in [0.4, 0.5) is 4.39 Å². The average molecular weight is 334 g/mol. The number of carbonyl (C=O) groups is 2. The molecule has 1 aromatic rings. The number of benzene rings is 1. The van der Waals surface area contributed by atoms with Gasteiger partial charge < -0.3 is 15.4 Å². The van der Waals surface area contributed by atoms with Gasteiger partial charge in [0.15, 0.2) is 0 Å². The van der Waals surface area contributed by atoms with E-state index in [0.717, 1.165) is 5.56 Å². The van der Waals surface area contributed by atoms with Crippen molar-refractivity contribution in [2.45, 2.75) is 31.1 Å². The predicted octanol–water partition coefficient (Wildman–Crippen LogP) is 1.60. The van der Waals surface area contributed by atoms with E-state index in [0.29, 0.717) is 52.0 Å². The molecule has 2 saturated heterocycles. The number of amides is 2. The molecule has 0 unspecified atom stereocenters. The lowest BCUT2D eigenvalue weighted by molar-refractivity contribution is -0.144. The van der Waals surface area contributed by atoms with Gasteiger partial charge in [0.25, 0.3) is 0 Å². The summed E-state index contributed by atoms with van der Waals surface area (Å²) in [4.78, 5) is 26.4. The van der Waals surface area contributed by atoms with Crippen molar-refractivity contribution in [1.82, 2.24) is 4.90 Å². The zero-order valence-electron chi connectivity index (χ0n) is 13.7. The summed E-state index contributed by atoms with van der Waals surface area (Å²) in [5.41, 5.74) is 5.55. The van der Waals surface area contributed by atoms with Crippen molar-refractivity contribution in [3.05, 3.63) is 35.6 Å². The SMILES string of the molecule is NC(=O)C1CCN(C(=O)C2(c3ccc(F)cc3)CCOCC2)CC1. The highest BCUT2D eigenvalue weighted by Gasteiger charge is 2.44. The van der Waals surface area contributed by atoms with Crippen LogP contribution in [0.3, 0.4) is 0 Å². The van der Waals surface area contributed by atoms with Crippen LogP contribution < -0.4 is 5.73 Å². The molecule has 0 aromatic heterocycles. The van der Waals surface area contributed by atoms with Gasteiger partial charge in [-0.05, 0) is 43.4 Å². The summed E-state index contributed by atoms with van der Waals surface area (Å²) in [7, 11) is 0. The summed E-state index contributed by atoms with van der Waals surface area (Å²) in [6.07, 6.45) is 2.40. The summed E-state index contributed by atoms with van der Waals surface area (Å²) >= 11 is 0. The van der Waals surface area contributed by atoms with E-state index >= 15 is 0 Å². The summed E-state index contributed by atoms with van der Waals surface area (Å²) < 4.78 is 18.7. The Balaban J connectivity index is 1.82. The third-order valence-corrected chi connectivity index (χ3v) is 5.34. The van der Waals surface area contributed by atoms with E-state index in [9.17, 15) is 14.0 Å². The van der Waals surface area contributed by atoms with Crippen molar-refractivity contribution >= 4 is 11.8 Å². The van der Waals surface area contributed by atoms with E-state index < -0.39 is 5.41 Å². The second-order valence-corrected chi connectivity index (χ2v) is 6.67. The fourth-order valence-electron chi connectivity index (χ4n) is 3.78. The van der Waals surface area contributed by atoms with Crippen LogP contribution in [0.15, 0.2) is 24.3 Å². The monoisotopic (exact) mass is 334 g/mol. The molecule has 1 aromatic carbocycles. The van der Waals surface area contributed by atoms with Crippen molar-refractivity contribution in [2.75, 3.05) is 26.3 Å². The maximum Gasteiger partial charge on any atom is 0.233 e. The number of primary amides is 1. The molecular formula is C18H23FN2O3. The number of halogens is 1. The van der Waals surface area contributed by atoms with Gasteiger partial charge in [-0.25, -0.2) is 4.39 Å². The van der Waals surface area contributed by atoms with Crippen molar-refractivity contribution in [2.24, 2.45) is 11.7 Å². The number of nitrogens with two attached hydrogens (primary N) is 1. The van der Waals surface area contributed by atoms with Crippen LogP contribution in [0.5, 0.6) is 0 Å². The number of hydrogen-bond donors (Lipinski definition) is 1. The Bertz CT molecular complexity index is 603. The topological polar surface area (TPSA) is 72.6 Å². The average Bonchev–Trinajstić information content (AvgIpc) is 2.62. The van der Waals surface area contributed by atoms with E-state index in [-0.39, 0.29) is 23.5 Å². The number of carbonyl (C=O) groups excluding carboxylic acids is 2. The molecule has 0 radical (unpaired) electrons. The Morgan fingerprint density at radius 2 is 1.71 bits per heavy atom. The van der Waals surface area contributed by atoms with Gasteiger partial charge in [0.2, 0.25) is 11.8 Å². The van der Waals surface area contributed by atoms with Crippen LogP contribution >= 0.6 is 0 Å². The summed E-state index contributed by atoms with van der Waals surface area (Å²) in [6.45, 7) is 2.11. The van der Waals surface area contributed by atoms with Crippen molar-refractivity contribution < 1.29 is 18.7 Å². The minimum Gasteiger partial charge on any atom is -0.381 e. The highest BCUT2D eigenvalue weighted by molar-refractivity contribution is 5.89. The van der Waals surface area contributed by atoms with E-state index in [4.69, 9.17) is 10.5 Å². The zero-order valence-corrected chi connectivity index (χ0v) is 13.7. The van der Waals surface area contributed by atoms with Gasteiger partial charge in [-0.3, -0.25) is 9.59 Å². The third-order valence-electron chi connectivity index (χ3n) is 5.34. The first kappa shape index (κ1) is 16.9. The number of rotatable bonds is 3. The largest absolute Gasteiger partial charge is 0.381 e. The van der Waals surface area contributed by atoms with Crippen LogP contribution in [0.25, 0.3) is 0 Å². The van der Waals surface area contributed by atoms with E-state index in [1.54, 1.807) is 12.1 Å². The standard InChI is InChI=1S/C18H23FN2O3/c19-15-3-1-14(2-4-15)18(7-11-24-12-8-18)17(23)21-9-5-13(6-10-21)16(20)22/h1-4,13H,5-12H2,(H2,20,22). The van der Waals surface area contributed by atoms with Crippen molar-refractivity contribution in [3.8, 4) is 0 Å². The highest BCUT2D eigenvalue weighted by atomic mass is 19.1. The molecule has 2 heterocycles. The summed E-state index contributed by atoms with van der Waals surface area (Å²) in [5.74, 6) is -0.692. The lowest BCUT2D eigenvalue weighted by Gasteiger charge is -2.42. The lowest BCUT2D eigenvalue weighted by Crippen LogP contribution is -2.52. The molecule has 5 nitrogen and oxygen atoms in total. The van der Waals surface area contributed by atoms with Gasteiger partial charge in [-0.1, -0.05) is 12.1 Å². The van der Waals surface area contributed by atoms with Gasteiger partial charge in [0, 0.05) is 32.2 Å². The van der Waals surface area contributed by atoms with Crippen LogP contribution in [0.2, 0.25) is 0 Å². The minimum absolute atomic E-state index is 0.0559. The Labute approximate surface area is 141 Å². The molecule has 3 rings (SSSR count). The zero-order chi connectivity index (χ0) is 17.2. The summed E-state index contributed by atoms with van der Waals surface area (Å²) in [6, 6.07) is 6.21. The van der Waals surface area contributed by atoms with Crippen molar-refractivity contribution in [3.63, 3.8) is 0 Å². The molecule has 0 spiro atoms. The minimum atomic E-state index is -0.661. The number of likely N-dealkylation sites (tertiary alicyclic amines) is 1. The predicted molar refractivity (Wildman–Crippen MR) is 86.6 cm³/mol. The lowest BCUT2D eigenvalue weighted by atomic mass is 9.72. The maximum absolute atomic E-state index is 13.3. The van der Waals surface area contributed by atoms with Crippen LogP contribution in [-0.4, -0.2) is 43.0 Å². The van der Waals surface area contributed by atoms with E-state index in [1.165, 1.54) is 12.1 Å². The molecule has 0 bridgehead atoms. The first-order valence-corrected chi connectivity index (χ1v) is 8.45. The second kappa shape index (κ2) is 6.89. The Morgan fingerprint density at radius 1 is 1.12 bits per heavy atom. The quantitative estimate of drug-likeness (QED) is 0.912. The molecule has 2 aliphatic rings. The van der Waals surface area contributed by atoms with Crippen LogP contribution in [-0.2, 0) is 19.7 Å². The molecule has 0 aliphatic carbocycles. The van der Waals surface area contributed by atoms with Crippen LogP contribution in [0, 0.1) is 11.7 Å². The molecule has 2 fully saturated rings. The number of hydrogen-bond acceptors (Lipinski definition) is 3. The fraction of sp³-hybridized carbons (Fsp3) is 0.556. The van der Waals surface area contributed by atoms with Gasteiger partial charge in [0.05, 0.1) is 5.41 Å². The van der Waals surface area contributed by atoms with Gasteiger partial charge >= 0.3 is 0 Å². The number of nitrogens with zero attached hydrogens (tertiary/aromatic N) is 1. The number of ether oxygens (including phenoxy) is 1. The molecule has 6 heteroatoms. The molecule has 24 heavy (non-hydrogen) atoms. The Hall–Kier alpha value is -1.95. The van der Waals surface area contributed by atoms with Gasteiger partial charge in [-0.15, -0.1) is 0 Å². The molecular weight excluding hydrogens is 311 g/mol. The van der Waals surface area contributed by atoms with Gasteiger partial charge in [-0.2, -0.15) is 0 Å². The smallest absolute Gasteiger partial charge is 0.233 e. The Kier molecular flexibility index (Phi) is 4.85. The Morgan fingerprint density at radius 3 is 2.25 bits per heavy atom. The molecule has 2 amide bonds. The second-order valence-electron chi connectivity index (χ2n) is 6.67. The molecule has 0 atom stereocenters. The molecule has 130 valence electrons. The highest BCUT2D eigenvalue weighted by Crippen LogP contribution is 2.37. The third kappa shape index (κ3) is 3.15. The number of piperidine rings is 1. The normalized spacial score (nSPS) is 21.5.